The van der Waals surface area contributed by atoms with Crippen LogP contribution in [0, 0.1) is 18.6 Å². The van der Waals surface area contributed by atoms with Crippen molar-refractivity contribution < 1.29 is 23.1 Å². The average Bonchev–Trinajstić information content (AvgIpc) is 2.49. The van der Waals surface area contributed by atoms with E-state index in [0.29, 0.717) is 11.8 Å². The number of amides is 1. The van der Waals surface area contributed by atoms with E-state index in [-0.39, 0.29) is 0 Å². The van der Waals surface area contributed by atoms with E-state index in [1.165, 1.54) is 6.92 Å². The molecule has 0 spiro atoms. The third kappa shape index (κ3) is 4.35. The van der Waals surface area contributed by atoms with E-state index in [4.69, 9.17) is 4.74 Å². The van der Waals surface area contributed by atoms with Crippen LogP contribution in [0.15, 0.2) is 42.5 Å². The van der Waals surface area contributed by atoms with Crippen molar-refractivity contribution >= 4 is 17.6 Å². The molecule has 1 N–H and O–H groups in total. The highest BCUT2D eigenvalue weighted by Gasteiger charge is 2.21. The van der Waals surface area contributed by atoms with Gasteiger partial charge in [0.05, 0.1) is 5.56 Å². The Kier molecular flexibility index (Phi) is 5.05. The first kappa shape index (κ1) is 16.6. The number of carbonyl (C=O) groups excluding carboxylic acids is 2. The lowest BCUT2D eigenvalue weighted by molar-refractivity contribution is -0.123. The van der Waals surface area contributed by atoms with Gasteiger partial charge in [0.1, 0.15) is 11.6 Å². The monoisotopic (exact) mass is 319 g/mol. The Morgan fingerprint density at radius 1 is 1.09 bits per heavy atom. The zero-order valence-electron chi connectivity index (χ0n) is 12.6. The summed E-state index contributed by atoms with van der Waals surface area (Å²) in [5.41, 5.74) is 1.16. The maximum Gasteiger partial charge on any atom is 0.341 e. The largest absolute Gasteiger partial charge is 0.449 e. The fraction of sp³-hybridized carbons (Fsp3) is 0.176. The van der Waals surface area contributed by atoms with E-state index in [1.54, 1.807) is 12.1 Å². The number of hydrogen-bond acceptors (Lipinski definition) is 3. The Hall–Kier alpha value is -2.76. The molecule has 2 aromatic carbocycles. The second kappa shape index (κ2) is 7.00. The summed E-state index contributed by atoms with van der Waals surface area (Å²) in [5.74, 6) is -3.43. The lowest BCUT2D eigenvalue weighted by Crippen LogP contribution is -2.30. The number of anilines is 1. The summed E-state index contributed by atoms with van der Waals surface area (Å²) in [6.07, 6.45) is -1.13. The normalized spacial score (nSPS) is 11.7. The van der Waals surface area contributed by atoms with Crippen molar-refractivity contribution in [1.29, 1.82) is 0 Å². The number of rotatable bonds is 4. The van der Waals surface area contributed by atoms with E-state index >= 15 is 0 Å². The molecule has 0 aliphatic heterocycles. The van der Waals surface area contributed by atoms with Gasteiger partial charge in [-0.3, -0.25) is 4.79 Å². The van der Waals surface area contributed by atoms with Crippen molar-refractivity contribution in [2.24, 2.45) is 0 Å². The molecule has 0 saturated heterocycles. The van der Waals surface area contributed by atoms with Crippen LogP contribution in [0.4, 0.5) is 14.5 Å². The van der Waals surface area contributed by atoms with Crippen LogP contribution >= 0.6 is 0 Å². The van der Waals surface area contributed by atoms with Gasteiger partial charge in [-0.1, -0.05) is 17.7 Å². The number of hydrogen-bond donors (Lipinski definition) is 1. The van der Waals surface area contributed by atoms with Crippen LogP contribution in [0.2, 0.25) is 0 Å². The van der Waals surface area contributed by atoms with Crippen molar-refractivity contribution in [3.05, 3.63) is 65.2 Å². The van der Waals surface area contributed by atoms with E-state index in [9.17, 15) is 18.4 Å². The summed E-state index contributed by atoms with van der Waals surface area (Å²) in [6, 6.07) is 9.55. The first-order valence-electron chi connectivity index (χ1n) is 6.90. The van der Waals surface area contributed by atoms with Gasteiger partial charge in [-0.2, -0.15) is 0 Å². The first-order chi connectivity index (χ1) is 10.9. The summed E-state index contributed by atoms with van der Waals surface area (Å²) >= 11 is 0. The van der Waals surface area contributed by atoms with Gasteiger partial charge in [-0.25, -0.2) is 13.6 Å². The summed E-state index contributed by atoms with van der Waals surface area (Å²) in [4.78, 5) is 23.8. The minimum Gasteiger partial charge on any atom is -0.449 e. The van der Waals surface area contributed by atoms with Crippen LogP contribution in [0.1, 0.15) is 22.8 Å². The molecular weight excluding hydrogens is 304 g/mol. The molecule has 0 fully saturated rings. The molecule has 0 bridgehead atoms. The molecule has 0 heterocycles. The number of halogens is 2. The fourth-order valence-electron chi connectivity index (χ4n) is 1.81. The van der Waals surface area contributed by atoms with Crippen LogP contribution in [0.3, 0.4) is 0 Å². The van der Waals surface area contributed by atoms with E-state index in [1.807, 2.05) is 19.1 Å². The summed E-state index contributed by atoms with van der Waals surface area (Å²) < 4.78 is 31.2. The van der Waals surface area contributed by atoms with Crippen LogP contribution in [-0.4, -0.2) is 18.0 Å². The molecule has 2 aromatic rings. The molecule has 2 rings (SSSR count). The lowest BCUT2D eigenvalue weighted by atomic mass is 10.2. The number of aryl methyl sites for hydroxylation is 1. The Bertz CT molecular complexity index is 729. The highest BCUT2D eigenvalue weighted by molar-refractivity contribution is 5.97. The number of ether oxygens (including phenoxy) is 1. The number of esters is 1. The highest BCUT2D eigenvalue weighted by Crippen LogP contribution is 2.13. The van der Waals surface area contributed by atoms with Gasteiger partial charge in [0.2, 0.25) is 0 Å². The predicted molar refractivity (Wildman–Crippen MR) is 81.0 cm³/mol. The molecule has 6 heteroatoms. The topological polar surface area (TPSA) is 55.4 Å². The number of benzene rings is 2. The highest BCUT2D eigenvalue weighted by atomic mass is 19.1. The van der Waals surface area contributed by atoms with E-state index in [0.717, 1.165) is 17.7 Å². The van der Waals surface area contributed by atoms with Gasteiger partial charge in [0, 0.05) is 11.8 Å². The summed E-state index contributed by atoms with van der Waals surface area (Å²) in [5, 5.41) is 2.58. The van der Waals surface area contributed by atoms with Gasteiger partial charge in [-0.05, 0) is 38.1 Å². The van der Waals surface area contributed by atoms with E-state index in [2.05, 4.69) is 5.32 Å². The van der Waals surface area contributed by atoms with Gasteiger partial charge in [0.25, 0.3) is 5.91 Å². The number of carbonyl (C=O) groups is 2. The van der Waals surface area contributed by atoms with Crippen LogP contribution in [-0.2, 0) is 9.53 Å². The van der Waals surface area contributed by atoms with Crippen molar-refractivity contribution in [1.82, 2.24) is 0 Å². The van der Waals surface area contributed by atoms with Crippen molar-refractivity contribution in [3.8, 4) is 0 Å². The van der Waals surface area contributed by atoms with Crippen molar-refractivity contribution in [2.75, 3.05) is 5.32 Å². The maximum atomic E-state index is 13.5. The molecule has 0 aliphatic carbocycles. The Morgan fingerprint density at radius 3 is 2.35 bits per heavy atom. The van der Waals surface area contributed by atoms with E-state index < -0.39 is 35.2 Å². The fourth-order valence-corrected chi connectivity index (χ4v) is 1.81. The zero-order chi connectivity index (χ0) is 17.0. The molecule has 1 unspecified atom stereocenters. The van der Waals surface area contributed by atoms with Crippen LogP contribution in [0.5, 0.6) is 0 Å². The van der Waals surface area contributed by atoms with Gasteiger partial charge < -0.3 is 10.1 Å². The molecular formula is C17H15F2NO3. The first-order valence-corrected chi connectivity index (χ1v) is 6.90. The standard InChI is InChI=1S/C17H15F2NO3/c1-10-3-6-13(7-4-10)20-16(21)11(2)23-17(22)14-8-5-12(18)9-15(14)19/h3-9,11H,1-2H3,(H,20,21). The molecule has 1 amide bonds. The summed E-state index contributed by atoms with van der Waals surface area (Å²) in [6.45, 7) is 3.27. The maximum absolute atomic E-state index is 13.5. The second-order valence-corrected chi connectivity index (χ2v) is 5.03. The van der Waals surface area contributed by atoms with Crippen molar-refractivity contribution in [2.45, 2.75) is 20.0 Å². The van der Waals surface area contributed by atoms with Crippen LogP contribution < -0.4 is 5.32 Å². The molecule has 120 valence electrons. The predicted octanol–water partition coefficient (Wildman–Crippen LogP) is 3.46. The molecule has 0 radical (unpaired) electrons. The summed E-state index contributed by atoms with van der Waals surface area (Å²) in [7, 11) is 0. The minimum absolute atomic E-state index is 0.429. The minimum atomic E-state index is -1.13. The molecule has 0 aromatic heterocycles. The molecule has 1 atom stereocenters. The van der Waals surface area contributed by atoms with Gasteiger partial charge >= 0.3 is 5.97 Å². The quantitative estimate of drug-likeness (QED) is 0.878. The number of nitrogens with one attached hydrogen (secondary N) is 1. The molecule has 0 aliphatic rings. The SMILES string of the molecule is Cc1ccc(NC(=O)C(C)OC(=O)c2ccc(F)cc2F)cc1. The Labute approximate surface area is 132 Å². The second-order valence-electron chi connectivity index (χ2n) is 5.03. The van der Waals surface area contributed by atoms with Crippen LogP contribution in [0.25, 0.3) is 0 Å². The third-order valence-corrected chi connectivity index (χ3v) is 3.12. The molecule has 0 saturated carbocycles. The average molecular weight is 319 g/mol. The van der Waals surface area contributed by atoms with Gasteiger partial charge in [-0.15, -0.1) is 0 Å². The van der Waals surface area contributed by atoms with Gasteiger partial charge in [0.15, 0.2) is 6.10 Å². The molecule has 4 nitrogen and oxygen atoms in total. The third-order valence-electron chi connectivity index (χ3n) is 3.12. The lowest BCUT2D eigenvalue weighted by Gasteiger charge is -2.14. The smallest absolute Gasteiger partial charge is 0.341 e. The zero-order valence-corrected chi connectivity index (χ0v) is 12.6. The Balaban J connectivity index is 2.00. The van der Waals surface area contributed by atoms with Crippen molar-refractivity contribution in [3.63, 3.8) is 0 Å². The molecule has 23 heavy (non-hydrogen) atoms. The Morgan fingerprint density at radius 2 is 1.74 bits per heavy atom.